The molecule has 0 unspecified atom stereocenters. The Labute approximate surface area is 101 Å². The van der Waals surface area contributed by atoms with Crippen molar-refractivity contribution in [3.8, 4) is 6.07 Å². The number of carbonyl (C=O) groups is 2. The van der Waals surface area contributed by atoms with Crippen molar-refractivity contribution in [3.05, 3.63) is 29.3 Å². The van der Waals surface area contributed by atoms with E-state index in [1.165, 1.54) is 0 Å². The zero-order valence-corrected chi connectivity index (χ0v) is 9.24. The summed E-state index contributed by atoms with van der Waals surface area (Å²) in [5.74, 6) is -3.72. The maximum atomic E-state index is 13.6. The van der Waals surface area contributed by atoms with Crippen molar-refractivity contribution in [1.29, 1.82) is 5.26 Å². The van der Waals surface area contributed by atoms with E-state index in [1.54, 1.807) is 0 Å². The molecule has 0 fully saturated rings. The Hall–Kier alpha value is -2.29. The Morgan fingerprint density at radius 3 is 2.56 bits per heavy atom. The zero-order valence-electron chi connectivity index (χ0n) is 9.24. The number of ketones is 1. The minimum atomic E-state index is -1.04. The number of Topliss-reactive ketones (excluding diaryl/α,β-unsaturated/α-hetero) is 1. The quantitative estimate of drug-likeness (QED) is 0.607. The van der Waals surface area contributed by atoms with E-state index >= 15 is 0 Å². The van der Waals surface area contributed by atoms with Crippen molar-refractivity contribution in [3.63, 3.8) is 0 Å². The second kappa shape index (κ2) is 4.53. The van der Waals surface area contributed by atoms with Gasteiger partial charge < -0.3 is 4.90 Å². The number of halogens is 2. The molecule has 0 bridgehead atoms. The number of amides is 1. The van der Waals surface area contributed by atoms with Crippen LogP contribution in [0.4, 0.5) is 14.5 Å². The van der Waals surface area contributed by atoms with Gasteiger partial charge in [0.1, 0.15) is 11.6 Å². The summed E-state index contributed by atoms with van der Waals surface area (Å²) in [5.41, 5.74) is -0.833. The predicted molar refractivity (Wildman–Crippen MR) is 57.9 cm³/mol. The van der Waals surface area contributed by atoms with E-state index in [0.717, 1.165) is 17.0 Å². The number of nitrogens with zero attached hydrogens (tertiary/aromatic N) is 2. The number of hydrogen-bond acceptors (Lipinski definition) is 3. The molecule has 6 heteroatoms. The fraction of sp³-hybridized carbons (Fsp3) is 0.250. The normalized spacial score (nSPS) is 13.7. The lowest BCUT2D eigenvalue weighted by Crippen LogP contribution is -2.31. The molecule has 0 aliphatic carbocycles. The van der Waals surface area contributed by atoms with Crippen molar-refractivity contribution in [2.45, 2.75) is 12.8 Å². The molecule has 0 saturated carbocycles. The Morgan fingerprint density at radius 1 is 1.22 bits per heavy atom. The van der Waals surface area contributed by atoms with Crippen molar-refractivity contribution < 1.29 is 18.4 Å². The third-order valence-corrected chi connectivity index (χ3v) is 2.68. The van der Waals surface area contributed by atoms with E-state index < -0.39 is 28.9 Å². The van der Waals surface area contributed by atoms with Gasteiger partial charge in [-0.15, -0.1) is 0 Å². The second-order valence-electron chi connectivity index (χ2n) is 3.80. The first kappa shape index (κ1) is 12.2. The molecule has 1 aliphatic rings. The van der Waals surface area contributed by atoms with Crippen LogP contribution in [0.3, 0.4) is 0 Å². The van der Waals surface area contributed by atoms with E-state index in [2.05, 4.69) is 0 Å². The highest BCUT2D eigenvalue weighted by atomic mass is 19.1. The lowest BCUT2D eigenvalue weighted by atomic mass is 10.1. The van der Waals surface area contributed by atoms with Crippen LogP contribution in [0.25, 0.3) is 0 Å². The molecule has 0 saturated heterocycles. The van der Waals surface area contributed by atoms with Crippen LogP contribution in [0, 0.1) is 23.0 Å². The third-order valence-electron chi connectivity index (χ3n) is 2.68. The molecule has 92 valence electrons. The van der Waals surface area contributed by atoms with Gasteiger partial charge >= 0.3 is 0 Å². The first-order chi connectivity index (χ1) is 8.57. The van der Waals surface area contributed by atoms with Crippen molar-refractivity contribution in [1.82, 2.24) is 0 Å². The van der Waals surface area contributed by atoms with Crippen molar-refractivity contribution in [2.75, 3.05) is 11.4 Å². The van der Waals surface area contributed by atoms with Gasteiger partial charge in [-0.1, -0.05) is 0 Å². The van der Waals surface area contributed by atoms with E-state index in [0.29, 0.717) is 6.42 Å². The lowest BCUT2D eigenvalue weighted by Gasteiger charge is -2.15. The summed E-state index contributed by atoms with van der Waals surface area (Å²) in [4.78, 5) is 24.1. The smallest absolute Gasteiger partial charge is 0.299 e. The highest BCUT2D eigenvalue weighted by molar-refractivity contribution is 6.52. The Balaban J connectivity index is 2.42. The molecule has 0 aromatic heterocycles. The van der Waals surface area contributed by atoms with E-state index in [4.69, 9.17) is 5.26 Å². The van der Waals surface area contributed by atoms with Crippen LogP contribution in [-0.4, -0.2) is 18.2 Å². The maximum Gasteiger partial charge on any atom is 0.299 e. The molecule has 0 spiro atoms. The number of anilines is 1. The first-order valence-electron chi connectivity index (χ1n) is 5.29. The molecule has 18 heavy (non-hydrogen) atoms. The van der Waals surface area contributed by atoms with Gasteiger partial charge in [-0.25, -0.2) is 8.78 Å². The zero-order chi connectivity index (χ0) is 13.3. The lowest BCUT2D eigenvalue weighted by molar-refractivity contribution is -0.114. The van der Waals surface area contributed by atoms with Crippen molar-refractivity contribution in [2.24, 2.45) is 0 Å². The van der Waals surface area contributed by atoms with Crippen LogP contribution in [0.2, 0.25) is 0 Å². The number of carbonyl (C=O) groups excluding carboxylic acids is 2. The number of rotatable bonds is 3. The molecule has 1 aromatic carbocycles. The third kappa shape index (κ3) is 1.74. The van der Waals surface area contributed by atoms with Gasteiger partial charge in [-0.05, 0) is 18.6 Å². The average Bonchev–Trinajstić information content (AvgIpc) is 2.60. The summed E-state index contributed by atoms with van der Waals surface area (Å²) >= 11 is 0. The van der Waals surface area contributed by atoms with Gasteiger partial charge in [0.2, 0.25) is 0 Å². The molecule has 0 radical (unpaired) electrons. The van der Waals surface area contributed by atoms with Crippen molar-refractivity contribution >= 4 is 17.4 Å². The van der Waals surface area contributed by atoms with Crippen LogP contribution in [0.5, 0.6) is 0 Å². The number of hydrogen-bond donors (Lipinski definition) is 0. The van der Waals surface area contributed by atoms with Gasteiger partial charge in [0.25, 0.3) is 11.7 Å². The van der Waals surface area contributed by atoms with E-state index in [-0.39, 0.29) is 18.7 Å². The van der Waals surface area contributed by atoms with Crippen LogP contribution >= 0.6 is 0 Å². The second-order valence-corrected chi connectivity index (χ2v) is 3.80. The summed E-state index contributed by atoms with van der Waals surface area (Å²) in [5, 5.41) is 8.40. The van der Waals surface area contributed by atoms with E-state index in [1.807, 2.05) is 6.07 Å². The van der Waals surface area contributed by atoms with Gasteiger partial charge in [0.05, 0.1) is 17.3 Å². The minimum Gasteiger partial charge on any atom is -0.302 e. The minimum absolute atomic E-state index is 0.0194. The number of benzene rings is 1. The molecular formula is C12H8F2N2O2. The SMILES string of the molecule is N#CCCCN1C(=O)C(=O)c2c(F)ccc(F)c21. The summed E-state index contributed by atoms with van der Waals surface area (Å²) in [7, 11) is 0. The molecule has 0 atom stereocenters. The summed E-state index contributed by atoms with van der Waals surface area (Å²) < 4.78 is 27.0. The topological polar surface area (TPSA) is 61.2 Å². The summed E-state index contributed by atoms with van der Waals surface area (Å²) in [6.45, 7) is 0.0194. The van der Waals surface area contributed by atoms with Crippen LogP contribution in [-0.2, 0) is 4.79 Å². The molecule has 4 nitrogen and oxygen atoms in total. The van der Waals surface area contributed by atoms with Crippen LogP contribution in [0.15, 0.2) is 12.1 Å². The van der Waals surface area contributed by atoms with Gasteiger partial charge in [-0.3, -0.25) is 9.59 Å². The van der Waals surface area contributed by atoms with Gasteiger partial charge in [-0.2, -0.15) is 5.26 Å². The first-order valence-corrected chi connectivity index (χ1v) is 5.29. The highest BCUT2D eigenvalue weighted by Crippen LogP contribution is 2.33. The Morgan fingerprint density at radius 2 is 1.89 bits per heavy atom. The molecule has 2 rings (SSSR count). The Kier molecular flexibility index (Phi) is 3.06. The predicted octanol–water partition coefficient (Wildman–Crippen LogP) is 1.80. The average molecular weight is 250 g/mol. The molecular weight excluding hydrogens is 242 g/mol. The molecule has 1 heterocycles. The highest BCUT2D eigenvalue weighted by Gasteiger charge is 2.40. The number of unbranched alkanes of at least 4 members (excludes halogenated alkanes) is 1. The molecule has 0 N–H and O–H groups in total. The monoisotopic (exact) mass is 250 g/mol. The van der Waals surface area contributed by atoms with Gasteiger partial charge in [0, 0.05) is 13.0 Å². The summed E-state index contributed by atoms with van der Waals surface area (Å²) in [6.07, 6.45) is 0.467. The van der Waals surface area contributed by atoms with Gasteiger partial charge in [0.15, 0.2) is 0 Å². The van der Waals surface area contributed by atoms with E-state index in [9.17, 15) is 18.4 Å². The number of fused-ring (bicyclic) bond motifs is 1. The molecule has 1 aromatic rings. The van der Waals surface area contributed by atoms with Crippen LogP contribution < -0.4 is 4.90 Å². The summed E-state index contributed by atoms with van der Waals surface area (Å²) in [6, 6.07) is 3.57. The fourth-order valence-electron chi connectivity index (χ4n) is 1.88. The maximum absolute atomic E-state index is 13.6. The molecule has 1 aliphatic heterocycles. The Bertz CT molecular complexity index is 578. The fourth-order valence-corrected chi connectivity index (χ4v) is 1.88. The number of nitriles is 1. The van der Waals surface area contributed by atoms with Crippen LogP contribution in [0.1, 0.15) is 23.2 Å². The molecule has 1 amide bonds. The standard InChI is InChI=1S/C12H8F2N2O2/c13-7-3-4-8(14)10-9(7)11(17)12(18)16(10)6-2-1-5-15/h3-4H,1-2,6H2. The largest absolute Gasteiger partial charge is 0.302 e.